The maximum Gasteiger partial charge on any atom is 0.0277 e. The van der Waals surface area contributed by atoms with Gasteiger partial charge in [-0.3, -0.25) is 4.90 Å². The molecule has 0 saturated carbocycles. The lowest BCUT2D eigenvalue weighted by Gasteiger charge is -2.45. The molecule has 1 unspecified atom stereocenters. The Bertz CT molecular complexity index is 250. The predicted octanol–water partition coefficient (Wildman–Crippen LogP) is 2.41. The van der Waals surface area contributed by atoms with Crippen LogP contribution in [0.2, 0.25) is 0 Å². The second-order valence-corrected chi connectivity index (χ2v) is 7.23. The maximum absolute atomic E-state index is 5.72. The Labute approximate surface area is 120 Å². The topological polar surface area (TPSA) is 32.5 Å². The molecule has 114 valence electrons. The first-order valence-corrected chi connectivity index (χ1v) is 8.00. The fourth-order valence-electron chi connectivity index (χ4n) is 3.13. The fourth-order valence-corrected chi connectivity index (χ4v) is 3.13. The van der Waals surface area contributed by atoms with E-state index in [0.29, 0.717) is 5.54 Å². The minimum Gasteiger partial charge on any atom is -0.330 e. The molecule has 0 spiro atoms. The van der Waals surface area contributed by atoms with Gasteiger partial charge < -0.3 is 10.6 Å². The summed E-state index contributed by atoms with van der Waals surface area (Å²) in [7, 11) is 2.24. The molecule has 0 aromatic heterocycles. The molecule has 0 radical (unpaired) electrons. The fraction of sp³-hybridized carbons (Fsp3) is 1.00. The molecule has 3 nitrogen and oxygen atoms in total. The quantitative estimate of drug-likeness (QED) is 0.770. The Morgan fingerprint density at radius 2 is 1.84 bits per heavy atom. The van der Waals surface area contributed by atoms with E-state index >= 15 is 0 Å². The molecule has 0 aromatic carbocycles. The van der Waals surface area contributed by atoms with Gasteiger partial charge in [0, 0.05) is 25.2 Å². The molecular weight excluding hydrogens is 234 g/mol. The molecule has 0 bridgehead atoms. The molecule has 1 saturated heterocycles. The Hall–Kier alpha value is -0.120. The van der Waals surface area contributed by atoms with Crippen LogP contribution in [0.4, 0.5) is 0 Å². The summed E-state index contributed by atoms with van der Waals surface area (Å²) in [5.74, 6) is 1.58. The van der Waals surface area contributed by atoms with Gasteiger partial charge in [-0.15, -0.1) is 0 Å². The monoisotopic (exact) mass is 269 g/mol. The van der Waals surface area contributed by atoms with Crippen LogP contribution in [0.5, 0.6) is 0 Å². The van der Waals surface area contributed by atoms with Gasteiger partial charge in [0.1, 0.15) is 0 Å². The van der Waals surface area contributed by atoms with Crippen LogP contribution < -0.4 is 5.73 Å². The highest BCUT2D eigenvalue weighted by Crippen LogP contribution is 2.22. The molecule has 0 aromatic rings. The minimum atomic E-state index is 0.326. The third kappa shape index (κ3) is 5.41. The first-order chi connectivity index (χ1) is 8.86. The van der Waals surface area contributed by atoms with Gasteiger partial charge in [-0.2, -0.15) is 0 Å². The second kappa shape index (κ2) is 7.61. The lowest BCUT2D eigenvalue weighted by atomic mass is 9.88. The molecule has 1 atom stereocenters. The van der Waals surface area contributed by atoms with E-state index in [1.54, 1.807) is 0 Å². The van der Waals surface area contributed by atoms with Crippen molar-refractivity contribution in [3.63, 3.8) is 0 Å². The van der Waals surface area contributed by atoms with Crippen LogP contribution >= 0.6 is 0 Å². The van der Waals surface area contributed by atoms with E-state index in [2.05, 4.69) is 44.5 Å². The van der Waals surface area contributed by atoms with Gasteiger partial charge >= 0.3 is 0 Å². The van der Waals surface area contributed by atoms with E-state index in [-0.39, 0.29) is 0 Å². The smallest absolute Gasteiger partial charge is 0.0277 e. The third-order valence-corrected chi connectivity index (χ3v) is 4.93. The average molecular weight is 269 g/mol. The summed E-state index contributed by atoms with van der Waals surface area (Å²) < 4.78 is 0. The minimum absolute atomic E-state index is 0.326. The van der Waals surface area contributed by atoms with E-state index in [1.165, 1.54) is 45.4 Å². The molecule has 3 heteroatoms. The molecule has 2 N–H and O–H groups in total. The molecular formula is C16H35N3. The number of nitrogens with two attached hydrogens (primary N) is 1. The standard InChI is InChI=1S/C16H35N3/c1-14(2)15(8-9-17)7-6-10-19-12-11-18(5)16(3,4)13-19/h14-15H,6-13,17H2,1-5H3. The van der Waals surface area contributed by atoms with Crippen molar-refractivity contribution in [1.29, 1.82) is 0 Å². The van der Waals surface area contributed by atoms with Gasteiger partial charge in [0.05, 0.1) is 0 Å². The number of likely N-dealkylation sites (N-methyl/N-ethyl adjacent to an activating group) is 1. The van der Waals surface area contributed by atoms with Crippen molar-refractivity contribution < 1.29 is 0 Å². The normalized spacial score (nSPS) is 22.9. The van der Waals surface area contributed by atoms with Crippen molar-refractivity contribution in [2.24, 2.45) is 17.6 Å². The highest BCUT2D eigenvalue weighted by Gasteiger charge is 2.30. The third-order valence-electron chi connectivity index (χ3n) is 4.93. The van der Waals surface area contributed by atoms with Gasteiger partial charge in [-0.05, 0) is 65.1 Å². The van der Waals surface area contributed by atoms with Crippen LogP contribution in [0.1, 0.15) is 47.0 Å². The first kappa shape index (κ1) is 16.9. The summed E-state index contributed by atoms with van der Waals surface area (Å²) in [5.41, 5.74) is 6.04. The zero-order valence-corrected chi connectivity index (χ0v) is 13.8. The second-order valence-electron chi connectivity index (χ2n) is 7.23. The van der Waals surface area contributed by atoms with E-state index in [9.17, 15) is 0 Å². The molecule has 1 rings (SSSR count). The van der Waals surface area contributed by atoms with Gasteiger partial charge in [-0.1, -0.05) is 13.8 Å². The largest absolute Gasteiger partial charge is 0.330 e. The SMILES string of the molecule is CC(C)C(CCN)CCCN1CCN(C)C(C)(C)C1. The van der Waals surface area contributed by atoms with Crippen molar-refractivity contribution in [1.82, 2.24) is 9.80 Å². The zero-order chi connectivity index (χ0) is 14.5. The van der Waals surface area contributed by atoms with Crippen molar-refractivity contribution in [3.8, 4) is 0 Å². The average Bonchev–Trinajstić information content (AvgIpc) is 2.32. The maximum atomic E-state index is 5.72. The Kier molecular flexibility index (Phi) is 6.78. The van der Waals surface area contributed by atoms with Crippen molar-refractivity contribution in [2.75, 3.05) is 39.8 Å². The molecule has 0 aliphatic carbocycles. The molecule has 1 aliphatic heterocycles. The van der Waals surface area contributed by atoms with Crippen LogP contribution in [-0.4, -0.2) is 55.1 Å². The van der Waals surface area contributed by atoms with E-state index in [1.807, 2.05) is 0 Å². The predicted molar refractivity (Wildman–Crippen MR) is 84.4 cm³/mol. The molecule has 1 fully saturated rings. The molecule has 1 heterocycles. The van der Waals surface area contributed by atoms with Crippen LogP contribution in [0.15, 0.2) is 0 Å². The number of hydrogen-bond donors (Lipinski definition) is 1. The summed E-state index contributed by atoms with van der Waals surface area (Å²) in [4.78, 5) is 5.12. The number of rotatable bonds is 7. The Morgan fingerprint density at radius 3 is 2.37 bits per heavy atom. The highest BCUT2D eigenvalue weighted by molar-refractivity contribution is 4.88. The molecule has 1 aliphatic rings. The lowest BCUT2D eigenvalue weighted by molar-refractivity contribution is 0.0384. The summed E-state index contributed by atoms with van der Waals surface area (Å²) in [6.07, 6.45) is 3.84. The van der Waals surface area contributed by atoms with Crippen LogP contribution in [0.25, 0.3) is 0 Å². The van der Waals surface area contributed by atoms with Crippen LogP contribution in [-0.2, 0) is 0 Å². The van der Waals surface area contributed by atoms with E-state index in [4.69, 9.17) is 5.73 Å². The van der Waals surface area contributed by atoms with Gasteiger partial charge in [0.15, 0.2) is 0 Å². The van der Waals surface area contributed by atoms with Gasteiger partial charge in [-0.25, -0.2) is 0 Å². The zero-order valence-electron chi connectivity index (χ0n) is 13.8. The van der Waals surface area contributed by atoms with Gasteiger partial charge in [0.2, 0.25) is 0 Å². The van der Waals surface area contributed by atoms with E-state index < -0.39 is 0 Å². The summed E-state index contributed by atoms with van der Waals surface area (Å²) in [5, 5.41) is 0. The van der Waals surface area contributed by atoms with Crippen LogP contribution in [0, 0.1) is 11.8 Å². The number of hydrogen-bond acceptors (Lipinski definition) is 3. The summed E-state index contributed by atoms with van der Waals surface area (Å²) in [6.45, 7) is 15.1. The van der Waals surface area contributed by atoms with Crippen molar-refractivity contribution in [3.05, 3.63) is 0 Å². The van der Waals surface area contributed by atoms with Crippen LogP contribution in [0.3, 0.4) is 0 Å². The summed E-state index contributed by atoms with van der Waals surface area (Å²) >= 11 is 0. The van der Waals surface area contributed by atoms with Crippen molar-refractivity contribution >= 4 is 0 Å². The lowest BCUT2D eigenvalue weighted by Crippen LogP contribution is -2.57. The first-order valence-electron chi connectivity index (χ1n) is 8.00. The highest BCUT2D eigenvalue weighted by atomic mass is 15.3. The number of piperazine rings is 1. The van der Waals surface area contributed by atoms with Gasteiger partial charge in [0.25, 0.3) is 0 Å². The molecule has 0 amide bonds. The number of nitrogens with zero attached hydrogens (tertiary/aromatic N) is 2. The Balaban J connectivity index is 2.29. The summed E-state index contributed by atoms with van der Waals surface area (Å²) in [6, 6.07) is 0. The van der Waals surface area contributed by atoms with E-state index in [0.717, 1.165) is 18.4 Å². The molecule has 19 heavy (non-hydrogen) atoms. The van der Waals surface area contributed by atoms with Crippen molar-refractivity contribution in [2.45, 2.75) is 52.5 Å². The Morgan fingerprint density at radius 1 is 1.16 bits per heavy atom.